The molecule has 3 aromatic rings. The van der Waals surface area contributed by atoms with Gasteiger partial charge >= 0.3 is 12.1 Å². The van der Waals surface area contributed by atoms with Crippen LogP contribution in [0.25, 0.3) is 0 Å². The topological polar surface area (TPSA) is 49.8 Å². The van der Waals surface area contributed by atoms with Crippen LogP contribution < -0.4 is 4.74 Å². The molecule has 34 heavy (non-hydrogen) atoms. The van der Waals surface area contributed by atoms with Crippen LogP contribution in [0, 0.1) is 0 Å². The SMILES string of the molecule is O=C(O)C1CCCCN1C(c1cccc(Oc2ccccc2)c1)c1cc(C(F)(F)F)ccc1Cl. The summed E-state index contributed by atoms with van der Waals surface area (Å²) >= 11 is 6.43. The number of benzene rings is 3. The molecule has 0 aromatic heterocycles. The maximum atomic E-state index is 13.5. The molecule has 4 nitrogen and oxygen atoms in total. The summed E-state index contributed by atoms with van der Waals surface area (Å²) in [5, 5.41) is 10.0. The number of ether oxygens (including phenoxy) is 1. The van der Waals surface area contributed by atoms with E-state index in [1.807, 2.05) is 18.2 Å². The number of rotatable bonds is 6. The number of nitrogens with zero attached hydrogens (tertiary/aromatic N) is 1. The Morgan fingerprint density at radius 1 is 1.00 bits per heavy atom. The zero-order valence-electron chi connectivity index (χ0n) is 18.1. The minimum absolute atomic E-state index is 0.141. The van der Waals surface area contributed by atoms with Crippen LogP contribution in [0.15, 0.2) is 72.8 Å². The maximum absolute atomic E-state index is 13.5. The number of halogens is 4. The summed E-state index contributed by atoms with van der Waals surface area (Å²) in [6.45, 7) is 0.415. The van der Waals surface area contributed by atoms with Crippen molar-refractivity contribution in [2.75, 3.05) is 6.54 Å². The van der Waals surface area contributed by atoms with Crippen LogP contribution in [0.4, 0.5) is 13.2 Å². The Morgan fingerprint density at radius 2 is 1.74 bits per heavy atom. The molecule has 3 aromatic carbocycles. The molecule has 0 bridgehead atoms. The lowest BCUT2D eigenvalue weighted by Crippen LogP contribution is -2.47. The summed E-state index contributed by atoms with van der Waals surface area (Å²) in [5.41, 5.74) is -0.0261. The first kappa shape index (κ1) is 24.1. The number of likely N-dealkylation sites (tertiary alicyclic amines) is 1. The van der Waals surface area contributed by atoms with Crippen molar-refractivity contribution < 1.29 is 27.8 Å². The normalized spacial score (nSPS) is 17.8. The highest BCUT2D eigenvalue weighted by molar-refractivity contribution is 6.31. The van der Waals surface area contributed by atoms with Crippen molar-refractivity contribution in [3.05, 3.63) is 94.5 Å². The molecule has 0 saturated carbocycles. The lowest BCUT2D eigenvalue weighted by molar-refractivity contribution is -0.145. The highest BCUT2D eigenvalue weighted by Crippen LogP contribution is 2.41. The summed E-state index contributed by atoms with van der Waals surface area (Å²) in [5.74, 6) is 0.0832. The van der Waals surface area contributed by atoms with Crippen LogP contribution in [-0.4, -0.2) is 28.6 Å². The van der Waals surface area contributed by atoms with Crippen LogP contribution in [-0.2, 0) is 11.0 Å². The standard InChI is InChI=1S/C26H23ClF3NO3/c27-22-13-12-18(26(28,29)30)16-21(22)24(31-14-5-4-11-23(31)25(32)33)17-7-6-10-20(15-17)34-19-8-2-1-3-9-19/h1-3,6-10,12-13,15-16,23-24H,4-5,11,14H2,(H,32,33). The summed E-state index contributed by atoms with van der Waals surface area (Å²) < 4.78 is 46.6. The monoisotopic (exact) mass is 489 g/mol. The molecule has 1 aliphatic rings. The molecule has 0 radical (unpaired) electrons. The second-order valence-electron chi connectivity index (χ2n) is 8.21. The van der Waals surface area contributed by atoms with Crippen molar-refractivity contribution in [1.29, 1.82) is 0 Å². The Morgan fingerprint density at radius 3 is 2.44 bits per heavy atom. The quantitative estimate of drug-likeness (QED) is 0.398. The Hall–Kier alpha value is -3.03. The highest BCUT2D eigenvalue weighted by atomic mass is 35.5. The average molecular weight is 490 g/mol. The van der Waals surface area contributed by atoms with Crippen molar-refractivity contribution in [2.45, 2.75) is 37.5 Å². The van der Waals surface area contributed by atoms with Crippen LogP contribution >= 0.6 is 11.6 Å². The molecule has 1 heterocycles. The van der Waals surface area contributed by atoms with Gasteiger partial charge in [0.05, 0.1) is 11.6 Å². The molecule has 1 saturated heterocycles. The van der Waals surface area contributed by atoms with Gasteiger partial charge < -0.3 is 9.84 Å². The van der Waals surface area contributed by atoms with E-state index >= 15 is 0 Å². The predicted octanol–water partition coefficient (Wildman–Crippen LogP) is 7.18. The molecule has 4 rings (SSSR count). The maximum Gasteiger partial charge on any atom is 0.416 e. The van der Waals surface area contributed by atoms with Crippen LogP contribution in [0.3, 0.4) is 0 Å². The van der Waals surface area contributed by atoms with Gasteiger partial charge in [-0.05, 0) is 73.0 Å². The van der Waals surface area contributed by atoms with Crippen molar-refractivity contribution >= 4 is 17.6 Å². The Labute approximate surface area is 200 Å². The molecule has 2 unspecified atom stereocenters. The van der Waals surface area contributed by atoms with Gasteiger partial charge in [0, 0.05) is 5.02 Å². The number of hydrogen-bond acceptors (Lipinski definition) is 3. The number of carbonyl (C=O) groups is 1. The van der Waals surface area contributed by atoms with E-state index in [-0.39, 0.29) is 10.6 Å². The molecule has 2 atom stereocenters. The number of para-hydroxylation sites is 1. The summed E-state index contributed by atoms with van der Waals surface area (Å²) in [4.78, 5) is 13.8. The lowest BCUT2D eigenvalue weighted by atomic mass is 9.90. The lowest BCUT2D eigenvalue weighted by Gasteiger charge is -2.40. The van der Waals surface area contributed by atoms with Crippen molar-refractivity contribution in [1.82, 2.24) is 4.90 Å². The predicted molar refractivity (Wildman–Crippen MR) is 123 cm³/mol. The van der Waals surface area contributed by atoms with Gasteiger partial charge in [0.15, 0.2) is 0 Å². The smallest absolute Gasteiger partial charge is 0.416 e. The van der Waals surface area contributed by atoms with Crippen molar-refractivity contribution in [3.63, 3.8) is 0 Å². The molecule has 8 heteroatoms. The molecule has 1 fully saturated rings. The second-order valence-corrected chi connectivity index (χ2v) is 8.62. The Balaban J connectivity index is 1.83. The van der Waals surface area contributed by atoms with Gasteiger partial charge in [0.1, 0.15) is 17.5 Å². The summed E-state index contributed by atoms with van der Waals surface area (Å²) in [6, 6.07) is 17.6. The van der Waals surface area contributed by atoms with Gasteiger partial charge in [-0.25, -0.2) is 0 Å². The van der Waals surface area contributed by atoms with Crippen LogP contribution in [0.1, 0.15) is 42.0 Å². The van der Waals surface area contributed by atoms with Gasteiger partial charge in [-0.2, -0.15) is 13.2 Å². The second kappa shape index (κ2) is 10.1. The van der Waals surface area contributed by atoms with E-state index in [0.29, 0.717) is 30.0 Å². The third-order valence-electron chi connectivity index (χ3n) is 5.93. The molecule has 0 amide bonds. The molecular formula is C26H23ClF3NO3. The highest BCUT2D eigenvalue weighted by Gasteiger charge is 2.38. The molecule has 1 aliphatic heterocycles. The van der Waals surface area contributed by atoms with E-state index in [9.17, 15) is 23.1 Å². The largest absolute Gasteiger partial charge is 0.480 e. The van der Waals surface area contributed by atoms with Gasteiger partial charge in [-0.3, -0.25) is 9.69 Å². The summed E-state index contributed by atoms with van der Waals surface area (Å²) in [6.07, 6.45) is -2.69. The van der Waals surface area contributed by atoms with Gasteiger partial charge in [-0.15, -0.1) is 0 Å². The zero-order chi connectivity index (χ0) is 24.3. The van der Waals surface area contributed by atoms with E-state index in [4.69, 9.17) is 16.3 Å². The molecule has 0 spiro atoms. The molecule has 1 N–H and O–H groups in total. The van der Waals surface area contributed by atoms with Crippen molar-refractivity contribution in [2.24, 2.45) is 0 Å². The van der Waals surface area contributed by atoms with E-state index < -0.39 is 29.8 Å². The van der Waals surface area contributed by atoms with E-state index in [1.165, 1.54) is 6.07 Å². The van der Waals surface area contributed by atoms with Gasteiger partial charge in [-0.1, -0.05) is 48.4 Å². The Bertz CT molecular complexity index is 1150. The fraction of sp³-hybridized carbons (Fsp3) is 0.269. The Kier molecular flexibility index (Phi) is 7.14. The van der Waals surface area contributed by atoms with E-state index in [0.717, 1.165) is 25.0 Å². The molecular weight excluding hydrogens is 467 g/mol. The van der Waals surface area contributed by atoms with Crippen LogP contribution in [0.2, 0.25) is 5.02 Å². The first-order valence-corrected chi connectivity index (χ1v) is 11.3. The number of aliphatic carboxylic acids is 1. The number of hydrogen-bond donors (Lipinski definition) is 1. The van der Waals surface area contributed by atoms with E-state index in [2.05, 4.69) is 0 Å². The third-order valence-corrected chi connectivity index (χ3v) is 6.28. The van der Waals surface area contributed by atoms with Gasteiger partial charge in [0.25, 0.3) is 0 Å². The fourth-order valence-corrected chi connectivity index (χ4v) is 4.60. The zero-order valence-corrected chi connectivity index (χ0v) is 18.9. The van der Waals surface area contributed by atoms with E-state index in [1.54, 1.807) is 41.3 Å². The van der Waals surface area contributed by atoms with Crippen LogP contribution in [0.5, 0.6) is 11.5 Å². The van der Waals surface area contributed by atoms with Crippen molar-refractivity contribution in [3.8, 4) is 11.5 Å². The number of carboxylic acids is 1. The number of piperidine rings is 1. The summed E-state index contributed by atoms with van der Waals surface area (Å²) in [7, 11) is 0. The number of carboxylic acid groups (broad SMARTS) is 1. The fourth-order valence-electron chi connectivity index (χ4n) is 4.38. The first-order chi connectivity index (χ1) is 16.2. The molecule has 178 valence electrons. The first-order valence-electron chi connectivity index (χ1n) is 10.9. The van der Waals surface area contributed by atoms with Gasteiger partial charge in [0.2, 0.25) is 0 Å². The average Bonchev–Trinajstić information content (AvgIpc) is 2.81. The minimum atomic E-state index is -4.56. The molecule has 0 aliphatic carbocycles. The minimum Gasteiger partial charge on any atom is -0.480 e. The third kappa shape index (κ3) is 5.37. The number of alkyl halides is 3.